The Morgan fingerprint density at radius 2 is 1.60 bits per heavy atom. The molecule has 42 heavy (non-hydrogen) atoms. The average Bonchev–Trinajstić information content (AvgIpc) is 3.41. The number of ether oxygens (including phenoxy) is 4. The third kappa shape index (κ3) is 8.20. The van der Waals surface area contributed by atoms with Crippen LogP contribution in [0.15, 0.2) is 54.7 Å². The minimum atomic E-state index is -4.70. The predicted octanol–water partition coefficient (Wildman–Crippen LogP) is 6.39. The van der Waals surface area contributed by atoms with E-state index in [0.29, 0.717) is 37.8 Å². The molecule has 0 saturated carbocycles. The van der Waals surface area contributed by atoms with Crippen molar-refractivity contribution in [2.75, 3.05) is 31.2 Å². The van der Waals surface area contributed by atoms with E-state index in [2.05, 4.69) is 26.8 Å². The van der Waals surface area contributed by atoms with Crippen LogP contribution in [0.4, 0.5) is 24.7 Å². The molecule has 2 aliphatic heterocycles. The third-order valence-electron chi connectivity index (χ3n) is 7.46. The van der Waals surface area contributed by atoms with Gasteiger partial charge < -0.3 is 34.0 Å². The SMILES string of the molecule is O=[N+]([O-])c1cn2c(n1)O[C@@H](COc1ccc(N3CCC(CCCCOc4ccc(OC(F)(F)F)cc4)CC3)cc1)CC2. The molecule has 1 aromatic heterocycles. The van der Waals surface area contributed by atoms with Gasteiger partial charge in [0.05, 0.1) is 6.61 Å². The van der Waals surface area contributed by atoms with Crippen molar-refractivity contribution >= 4 is 11.5 Å². The summed E-state index contributed by atoms with van der Waals surface area (Å²) >= 11 is 0. The molecule has 0 unspecified atom stereocenters. The normalized spacial score (nSPS) is 17.3. The van der Waals surface area contributed by atoms with E-state index < -0.39 is 11.3 Å². The highest BCUT2D eigenvalue weighted by Crippen LogP contribution is 2.29. The van der Waals surface area contributed by atoms with Crippen molar-refractivity contribution in [3.05, 3.63) is 64.8 Å². The lowest BCUT2D eigenvalue weighted by Crippen LogP contribution is -2.33. The lowest BCUT2D eigenvalue weighted by Gasteiger charge is -2.33. The van der Waals surface area contributed by atoms with Gasteiger partial charge >= 0.3 is 18.2 Å². The summed E-state index contributed by atoms with van der Waals surface area (Å²) in [5.41, 5.74) is 1.16. The molecule has 3 heterocycles. The first-order valence-corrected chi connectivity index (χ1v) is 14.1. The molecule has 0 N–H and O–H groups in total. The van der Waals surface area contributed by atoms with Crippen LogP contribution in [0, 0.1) is 16.0 Å². The number of hydrogen-bond donors (Lipinski definition) is 0. The topological polar surface area (TPSA) is 101 Å². The number of fused-ring (bicyclic) bond motifs is 1. The average molecular weight is 591 g/mol. The lowest BCUT2D eigenvalue weighted by atomic mass is 9.91. The molecule has 0 radical (unpaired) electrons. The smallest absolute Gasteiger partial charge is 0.494 e. The lowest BCUT2D eigenvalue weighted by molar-refractivity contribution is -0.389. The number of alkyl halides is 3. The van der Waals surface area contributed by atoms with Gasteiger partial charge in [-0.2, -0.15) is 0 Å². The van der Waals surface area contributed by atoms with Gasteiger partial charge in [-0.1, -0.05) is 6.42 Å². The van der Waals surface area contributed by atoms with Crippen molar-refractivity contribution < 1.29 is 37.0 Å². The number of imidazole rings is 1. The molecule has 1 fully saturated rings. The molecular weight excluding hydrogens is 557 g/mol. The van der Waals surface area contributed by atoms with Crippen molar-refractivity contribution in [2.45, 2.75) is 57.5 Å². The molecule has 2 aromatic carbocycles. The van der Waals surface area contributed by atoms with E-state index in [1.165, 1.54) is 30.5 Å². The predicted molar refractivity (Wildman–Crippen MR) is 147 cm³/mol. The molecule has 1 atom stereocenters. The zero-order valence-corrected chi connectivity index (χ0v) is 23.0. The zero-order chi connectivity index (χ0) is 29.5. The van der Waals surface area contributed by atoms with Crippen LogP contribution in [-0.4, -0.2) is 53.2 Å². The fraction of sp³-hybridized carbons (Fsp3) is 0.483. The number of hydrogen-bond acceptors (Lipinski definition) is 8. The molecule has 3 aromatic rings. The highest BCUT2D eigenvalue weighted by molar-refractivity contribution is 5.49. The van der Waals surface area contributed by atoms with Crippen LogP contribution in [0.5, 0.6) is 23.3 Å². The summed E-state index contributed by atoms with van der Waals surface area (Å²) in [5.74, 6) is 1.45. The van der Waals surface area contributed by atoms with Crippen LogP contribution >= 0.6 is 0 Å². The molecule has 0 bridgehead atoms. The number of benzene rings is 2. The molecule has 226 valence electrons. The van der Waals surface area contributed by atoms with Gasteiger partial charge in [0.25, 0.3) is 0 Å². The van der Waals surface area contributed by atoms with Crippen molar-refractivity contribution in [3.8, 4) is 23.3 Å². The van der Waals surface area contributed by atoms with E-state index in [-0.39, 0.29) is 23.7 Å². The maximum absolute atomic E-state index is 12.3. The Morgan fingerprint density at radius 3 is 2.29 bits per heavy atom. The van der Waals surface area contributed by atoms with E-state index >= 15 is 0 Å². The molecule has 0 aliphatic carbocycles. The van der Waals surface area contributed by atoms with E-state index in [1.807, 2.05) is 12.1 Å². The molecule has 0 amide bonds. The van der Waals surface area contributed by atoms with Crippen molar-refractivity contribution in [3.63, 3.8) is 0 Å². The summed E-state index contributed by atoms with van der Waals surface area (Å²) in [7, 11) is 0. The summed E-state index contributed by atoms with van der Waals surface area (Å²) < 4.78 is 59.6. The second-order valence-corrected chi connectivity index (χ2v) is 10.5. The summed E-state index contributed by atoms with van der Waals surface area (Å²) in [6, 6.07) is 13.7. The van der Waals surface area contributed by atoms with Gasteiger partial charge in [-0.3, -0.25) is 4.57 Å². The minimum absolute atomic E-state index is 0.218. The number of rotatable bonds is 12. The fourth-order valence-electron chi connectivity index (χ4n) is 5.22. The third-order valence-corrected chi connectivity index (χ3v) is 7.46. The van der Waals surface area contributed by atoms with Gasteiger partial charge in [-0.15, -0.1) is 13.2 Å². The van der Waals surface area contributed by atoms with Gasteiger partial charge in [-0.05, 0) is 85.1 Å². The maximum atomic E-state index is 12.3. The molecule has 13 heteroatoms. The monoisotopic (exact) mass is 590 g/mol. The Bertz CT molecular complexity index is 1310. The molecule has 2 aliphatic rings. The first kappa shape index (κ1) is 29.3. The number of halogens is 3. The van der Waals surface area contributed by atoms with Crippen LogP contribution in [-0.2, 0) is 6.54 Å². The zero-order valence-electron chi connectivity index (χ0n) is 23.0. The highest BCUT2D eigenvalue weighted by Gasteiger charge is 2.31. The number of nitrogens with zero attached hydrogens (tertiary/aromatic N) is 4. The Labute approximate surface area is 241 Å². The van der Waals surface area contributed by atoms with Crippen molar-refractivity contribution in [1.29, 1.82) is 0 Å². The van der Waals surface area contributed by atoms with E-state index in [9.17, 15) is 23.3 Å². The Hall–Kier alpha value is -4.16. The van der Waals surface area contributed by atoms with E-state index in [4.69, 9.17) is 14.2 Å². The number of aryl methyl sites for hydroxylation is 1. The summed E-state index contributed by atoms with van der Waals surface area (Å²) in [6.45, 7) is 3.42. The quantitative estimate of drug-likeness (QED) is 0.136. The minimum Gasteiger partial charge on any atom is -0.494 e. The van der Waals surface area contributed by atoms with Crippen LogP contribution in [0.1, 0.15) is 38.5 Å². The second kappa shape index (κ2) is 13.2. The molecule has 5 rings (SSSR count). The number of anilines is 1. The Balaban J connectivity index is 0.958. The Kier molecular flexibility index (Phi) is 9.23. The fourth-order valence-corrected chi connectivity index (χ4v) is 5.22. The molecule has 1 saturated heterocycles. The van der Waals surface area contributed by atoms with Gasteiger partial charge in [0.2, 0.25) is 0 Å². The van der Waals surface area contributed by atoms with Crippen LogP contribution in [0.25, 0.3) is 0 Å². The van der Waals surface area contributed by atoms with Gasteiger partial charge in [-0.25, -0.2) is 0 Å². The largest absolute Gasteiger partial charge is 0.573 e. The van der Waals surface area contributed by atoms with Crippen LogP contribution in [0.2, 0.25) is 0 Å². The molecule has 10 nitrogen and oxygen atoms in total. The standard InChI is InChI=1S/C29H33F3N4O6/c30-29(31,32)42-25-10-8-23(9-11-25)39-18-2-1-3-21-12-15-34(16-13-21)22-4-6-24(7-5-22)40-20-26-14-17-35-19-27(36(37)38)33-28(35)41-26/h4-11,19,21,26H,1-3,12-18,20H2/t26-/m1/s1. The molecule has 0 spiro atoms. The maximum Gasteiger partial charge on any atom is 0.573 e. The number of piperidine rings is 1. The van der Waals surface area contributed by atoms with Crippen molar-refractivity contribution in [2.24, 2.45) is 5.92 Å². The second-order valence-electron chi connectivity index (χ2n) is 10.5. The number of nitro groups is 1. The van der Waals surface area contributed by atoms with Gasteiger partial charge in [0, 0.05) is 36.7 Å². The number of aromatic nitrogens is 2. The van der Waals surface area contributed by atoms with Gasteiger partial charge in [0.15, 0.2) is 0 Å². The first-order valence-electron chi connectivity index (χ1n) is 14.1. The van der Waals surface area contributed by atoms with Crippen molar-refractivity contribution in [1.82, 2.24) is 9.55 Å². The summed E-state index contributed by atoms with van der Waals surface area (Å²) in [4.78, 5) is 16.7. The molecular formula is C29H33F3N4O6. The highest BCUT2D eigenvalue weighted by atomic mass is 19.4. The number of unbranched alkanes of at least 4 members (excludes halogenated alkanes) is 1. The summed E-state index contributed by atoms with van der Waals surface area (Å²) in [5, 5.41) is 10.9. The van der Waals surface area contributed by atoms with Crippen LogP contribution in [0.3, 0.4) is 0 Å². The summed E-state index contributed by atoms with van der Waals surface area (Å²) in [6.07, 6.45) is 2.43. The first-order chi connectivity index (χ1) is 20.2. The van der Waals surface area contributed by atoms with Crippen LogP contribution < -0.4 is 23.8 Å². The Morgan fingerprint density at radius 1 is 0.929 bits per heavy atom. The van der Waals surface area contributed by atoms with E-state index in [1.54, 1.807) is 4.57 Å². The van der Waals surface area contributed by atoms with E-state index in [0.717, 1.165) is 56.6 Å². The van der Waals surface area contributed by atoms with Gasteiger partial charge in [0.1, 0.15) is 36.2 Å².